The van der Waals surface area contributed by atoms with Gasteiger partial charge in [-0.25, -0.2) is 0 Å². The lowest BCUT2D eigenvalue weighted by molar-refractivity contribution is 0.127. The summed E-state index contributed by atoms with van der Waals surface area (Å²) in [6, 6.07) is 1.92. The van der Waals surface area contributed by atoms with Crippen molar-refractivity contribution in [2.24, 2.45) is 5.73 Å². The Morgan fingerprint density at radius 2 is 1.94 bits per heavy atom. The van der Waals surface area contributed by atoms with Crippen molar-refractivity contribution in [3.63, 3.8) is 0 Å². The van der Waals surface area contributed by atoms with Gasteiger partial charge in [-0.2, -0.15) is 0 Å². The monoisotopic (exact) mass is 252 g/mol. The van der Waals surface area contributed by atoms with Gasteiger partial charge in [0.2, 0.25) is 0 Å². The Hall–Kier alpha value is -1.13. The van der Waals surface area contributed by atoms with Crippen molar-refractivity contribution in [3.8, 4) is 5.75 Å². The molecular weight excluding hydrogens is 228 g/mol. The number of pyridine rings is 1. The average molecular weight is 252 g/mol. The van der Waals surface area contributed by atoms with Crippen molar-refractivity contribution in [2.45, 2.75) is 39.2 Å². The third kappa shape index (κ3) is 5.47. The van der Waals surface area contributed by atoms with Crippen LogP contribution in [0.15, 0.2) is 18.5 Å². The van der Waals surface area contributed by atoms with Crippen LogP contribution in [0.3, 0.4) is 0 Å². The predicted molar refractivity (Wildman–Crippen MR) is 72.7 cm³/mol. The molecule has 1 rings (SSSR count). The average Bonchev–Trinajstić information content (AvgIpc) is 2.41. The molecule has 18 heavy (non-hydrogen) atoms. The van der Waals surface area contributed by atoms with Crippen molar-refractivity contribution in [1.82, 2.24) is 4.98 Å². The molecule has 0 aliphatic carbocycles. The van der Waals surface area contributed by atoms with Gasteiger partial charge in [0.15, 0.2) is 0 Å². The summed E-state index contributed by atoms with van der Waals surface area (Å²) >= 11 is 0. The fourth-order valence-electron chi connectivity index (χ4n) is 1.56. The van der Waals surface area contributed by atoms with Crippen LogP contribution in [0.5, 0.6) is 5.75 Å². The van der Waals surface area contributed by atoms with E-state index in [0.717, 1.165) is 37.2 Å². The van der Waals surface area contributed by atoms with Crippen molar-refractivity contribution in [1.29, 1.82) is 0 Å². The standard InChI is InChI=1S/C14H24N2O2/c1-3-6-17-8-5-14(15)12-9-13(11-16-10-12)18-7-4-2/h9-11,14H,3-8,15H2,1-2H3. The lowest BCUT2D eigenvalue weighted by Gasteiger charge is -2.13. The lowest BCUT2D eigenvalue weighted by Crippen LogP contribution is -2.14. The molecule has 0 spiro atoms. The van der Waals surface area contributed by atoms with Gasteiger partial charge in [0, 0.05) is 25.5 Å². The zero-order valence-electron chi connectivity index (χ0n) is 11.4. The molecule has 1 atom stereocenters. The maximum atomic E-state index is 6.10. The largest absolute Gasteiger partial charge is 0.492 e. The molecular formula is C14H24N2O2. The topological polar surface area (TPSA) is 57.4 Å². The first-order chi connectivity index (χ1) is 8.77. The van der Waals surface area contributed by atoms with Crippen LogP contribution in [-0.4, -0.2) is 24.8 Å². The maximum absolute atomic E-state index is 6.10. The van der Waals surface area contributed by atoms with E-state index in [4.69, 9.17) is 15.2 Å². The SMILES string of the molecule is CCCOCCC(N)c1cncc(OCCC)c1. The van der Waals surface area contributed by atoms with Gasteiger partial charge in [-0.15, -0.1) is 0 Å². The van der Waals surface area contributed by atoms with Crippen LogP contribution in [0.4, 0.5) is 0 Å². The Morgan fingerprint density at radius 3 is 2.67 bits per heavy atom. The Balaban J connectivity index is 2.43. The highest BCUT2D eigenvalue weighted by molar-refractivity contribution is 5.25. The summed E-state index contributed by atoms with van der Waals surface area (Å²) in [6.45, 7) is 6.37. The van der Waals surface area contributed by atoms with E-state index in [-0.39, 0.29) is 6.04 Å². The molecule has 0 radical (unpaired) electrons. The fraction of sp³-hybridized carbons (Fsp3) is 0.643. The highest BCUT2D eigenvalue weighted by Gasteiger charge is 2.07. The van der Waals surface area contributed by atoms with E-state index < -0.39 is 0 Å². The summed E-state index contributed by atoms with van der Waals surface area (Å²) in [5.41, 5.74) is 7.10. The Labute approximate surface area is 110 Å². The highest BCUT2D eigenvalue weighted by atomic mass is 16.5. The lowest BCUT2D eigenvalue weighted by atomic mass is 10.1. The zero-order chi connectivity index (χ0) is 13.2. The second-order valence-corrected chi connectivity index (χ2v) is 4.31. The number of nitrogens with zero attached hydrogens (tertiary/aromatic N) is 1. The smallest absolute Gasteiger partial charge is 0.137 e. The van der Waals surface area contributed by atoms with Crippen LogP contribution < -0.4 is 10.5 Å². The van der Waals surface area contributed by atoms with E-state index >= 15 is 0 Å². The predicted octanol–water partition coefficient (Wildman–Crippen LogP) is 2.69. The summed E-state index contributed by atoms with van der Waals surface area (Å²) in [4.78, 5) is 4.16. The van der Waals surface area contributed by atoms with E-state index in [1.54, 1.807) is 12.4 Å². The minimum atomic E-state index is -0.0421. The van der Waals surface area contributed by atoms with Gasteiger partial charge in [0.25, 0.3) is 0 Å². The Morgan fingerprint density at radius 1 is 1.17 bits per heavy atom. The molecule has 1 unspecified atom stereocenters. The third-order valence-electron chi connectivity index (χ3n) is 2.56. The van der Waals surface area contributed by atoms with Crippen LogP contribution in [0, 0.1) is 0 Å². The fourth-order valence-corrected chi connectivity index (χ4v) is 1.56. The molecule has 0 fully saturated rings. The van der Waals surface area contributed by atoms with Crippen molar-refractivity contribution in [3.05, 3.63) is 24.0 Å². The first-order valence-electron chi connectivity index (χ1n) is 6.69. The molecule has 102 valence electrons. The molecule has 1 aromatic heterocycles. The molecule has 2 N–H and O–H groups in total. The molecule has 0 aliphatic heterocycles. The van der Waals surface area contributed by atoms with Crippen molar-refractivity contribution >= 4 is 0 Å². The summed E-state index contributed by atoms with van der Waals surface area (Å²) < 4.78 is 11.0. The molecule has 0 saturated carbocycles. The number of hydrogen-bond donors (Lipinski definition) is 1. The van der Waals surface area contributed by atoms with Gasteiger partial charge in [-0.1, -0.05) is 13.8 Å². The van der Waals surface area contributed by atoms with E-state index in [0.29, 0.717) is 13.2 Å². The first-order valence-corrected chi connectivity index (χ1v) is 6.69. The quantitative estimate of drug-likeness (QED) is 0.686. The van der Waals surface area contributed by atoms with Crippen LogP contribution in [-0.2, 0) is 4.74 Å². The second-order valence-electron chi connectivity index (χ2n) is 4.31. The normalized spacial score (nSPS) is 12.4. The van der Waals surface area contributed by atoms with Gasteiger partial charge >= 0.3 is 0 Å². The van der Waals surface area contributed by atoms with Crippen molar-refractivity contribution < 1.29 is 9.47 Å². The molecule has 4 heteroatoms. The number of rotatable bonds is 9. The maximum Gasteiger partial charge on any atom is 0.137 e. The van der Waals surface area contributed by atoms with E-state index in [2.05, 4.69) is 18.8 Å². The Bertz CT molecular complexity index is 331. The first kappa shape index (κ1) is 14.9. The summed E-state index contributed by atoms with van der Waals surface area (Å²) in [7, 11) is 0. The van der Waals surface area contributed by atoms with Crippen LogP contribution >= 0.6 is 0 Å². The van der Waals surface area contributed by atoms with Gasteiger partial charge < -0.3 is 15.2 Å². The number of ether oxygens (including phenoxy) is 2. The number of aromatic nitrogens is 1. The number of hydrogen-bond acceptors (Lipinski definition) is 4. The van der Waals surface area contributed by atoms with E-state index in [1.165, 1.54) is 0 Å². The molecule has 0 aromatic carbocycles. The van der Waals surface area contributed by atoms with Crippen LogP contribution in [0.1, 0.15) is 44.7 Å². The molecule has 0 amide bonds. The number of nitrogens with two attached hydrogens (primary N) is 1. The van der Waals surface area contributed by atoms with E-state index in [1.807, 2.05) is 6.07 Å². The Kier molecular flexibility index (Phi) is 7.37. The molecule has 0 bridgehead atoms. The highest BCUT2D eigenvalue weighted by Crippen LogP contribution is 2.18. The van der Waals surface area contributed by atoms with Crippen LogP contribution in [0.25, 0.3) is 0 Å². The minimum Gasteiger partial charge on any atom is -0.492 e. The van der Waals surface area contributed by atoms with Crippen LogP contribution in [0.2, 0.25) is 0 Å². The molecule has 1 aromatic rings. The van der Waals surface area contributed by atoms with Crippen molar-refractivity contribution in [2.75, 3.05) is 19.8 Å². The second kappa shape index (κ2) is 8.89. The van der Waals surface area contributed by atoms with Gasteiger partial charge in [0.05, 0.1) is 12.8 Å². The molecule has 0 saturated heterocycles. The molecule has 4 nitrogen and oxygen atoms in total. The summed E-state index contributed by atoms with van der Waals surface area (Å²) in [5.74, 6) is 0.791. The minimum absolute atomic E-state index is 0.0421. The van der Waals surface area contributed by atoms with Gasteiger partial charge in [-0.3, -0.25) is 4.98 Å². The third-order valence-corrected chi connectivity index (χ3v) is 2.56. The van der Waals surface area contributed by atoms with E-state index in [9.17, 15) is 0 Å². The zero-order valence-corrected chi connectivity index (χ0v) is 11.4. The summed E-state index contributed by atoms with van der Waals surface area (Å²) in [6.07, 6.45) is 6.35. The van der Waals surface area contributed by atoms with Gasteiger partial charge in [-0.05, 0) is 30.9 Å². The molecule has 0 aliphatic rings. The summed E-state index contributed by atoms with van der Waals surface area (Å²) in [5, 5.41) is 0. The van der Waals surface area contributed by atoms with Gasteiger partial charge in [0.1, 0.15) is 5.75 Å². The molecule has 1 heterocycles.